The van der Waals surface area contributed by atoms with Crippen LogP contribution in [0.1, 0.15) is 27.5 Å². The van der Waals surface area contributed by atoms with Crippen molar-refractivity contribution in [2.75, 3.05) is 39.8 Å². The van der Waals surface area contributed by atoms with Crippen LogP contribution in [0, 0.1) is 18.3 Å². The standard InChI is InChI=1S/C20H26N4O2S.2C2HF3O2/c1-15-22-18(12-27-15)19(25)24-7-5-20(14-24)13-23(2)9-17(20)11-26-10-16-4-3-6-21-8-16;2*3-2(4,5)1(6)7/h3-4,6,8,12,17H,5,7,9-11,13-14H2,1-2H3;2*(H,6,7)/t17-,20+;;/m0../s1. The number of pyridine rings is 1. The van der Waals surface area contributed by atoms with Gasteiger partial charge in [-0.05, 0) is 32.0 Å². The summed E-state index contributed by atoms with van der Waals surface area (Å²) in [6, 6.07) is 3.97. The lowest BCUT2D eigenvalue weighted by Crippen LogP contribution is -2.38. The molecule has 0 unspecified atom stereocenters. The quantitative estimate of drug-likeness (QED) is 0.484. The van der Waals surface area contributed by atoms with Gasteiger partial charge < -0.3 is 24.7 Å². The SMILES string of the molecule is Cc1nc(C(=O)N2CC[C@@]3(CN(C)C[C@H]3COCc3cccnc3)C2)cs1.O=C(O)C(F)(F)F.O=C(O)C(F)(F)F. The molecule has 1 spiro atoms. The number of nitrogens with zero attached hydrogens (tertiary/aromatic N) is 4. The van der Waals surface area contributed by atoms with E-state index in [1.54, 1.807) is 6.20 Å². The van der Waals surface area contributed by atoms with E-state index < -0.39 is 24.3 Å². The number of alkyl halides is 6. The van der Waals surface area contributed by atoms with Gasteiger partial charge in [-0.15, -0.1) is 11.3 Å². The van der Waals surface area contributed by atoms with Gasteiger partial charge in [0.15, 0.2) is 0 Å². The van der Waals surface area contributed by atoms with Gasteiger partial charge in [-0.1, -0.05) is 6.07 Å². The fraction of sp³-hybridized carbons (Fsp3) is 0.542. The van der Waals surface area contributed by atoms with Crippen LogP contribution in [0.5, 0.6) is 0 Å². The summed E-state index contributed by atoms with van der Waals surface area (Å²) >= 11 is 1.53. The molecule has 10 nitrogen and oxygen atoms in total. The first-order valence-corrected chi connectivity index (χ1v) is 12.8. The highest BCUT2D eigenvalue weighted by molar-refractivity contribution is 7.09. The number of hydrogen-bond donors (Lipinski definition) is 2. The number of carbonyl (C=O) groups is 3. The number of carboxylic acid groups (broad SMARTS) is 2. The van der Waals surface area contributed by atoms with E-state index in [4.69, 9.17) is 24.5 Å². The van der Waals surface area contributed by atoms with Crippen LogP contribution in [0.3, 0.4) is 0 Å². The third-order valence-corrected chi connectivity index (χ3v) is 7.06. The zero-order valence-electron chi connectivity index (χ0n) is 21.9. The van der Waals surface area contributed by atoms with E-state index in [-0.39, 0.29) is 11.3 Å². The van der Waals surface area contributed by atoms with Crippen LogP contribution in [0.15, 0.2) is 29.9 Å². The number of carbonyl (C=O) groups excluding carboxylic acids is 1. The van der Waals surface area contributed by atoms with Crippen molar-refractivity contribution in [2.24, 2.45) is 11.3 Å². The fourth-order valence-electron chi connectivity index (χ4n) is 4.49. The van der Waals surface area contributed by atoms with Crippen LogP contribution in [0.25, 0.3) is 0 Å². The monoisotopic (exact) mass is 614 g/mol. The van der Waals surface area contributed by atoms with E-state index in [2.05, 4.69) is 21.9 Å². The summed E-state index contributed by atoms with van der Waals surface area (Å²) in [5, 5.41) is 17.1. The molecule has 41 heavy (non-hydrogen) atoms. The number of hydrogen-bond acceptors (Lipinski definition) is 8. The van der Waals surface area contributed by atoms with Gasteiger partial charge in [0.1, 0.15) is 5.69 Å². The summed E-state index contributed by atoms with van der Waals surface area (Å²) < 4.78 is 69.5. The highest BCUT2D eigenvalue weighted by Crippen LogP contribution is 2.44. The molecule has 2 aliphatic rings. The molecule has 2 N–H and O–H groups in total. The molecule has 228 valence electrons. The van der Waals surface area contributed by atoms with Gasteiger partial charge in [0.25, 0.3) is 5.91 Å². The molecule has 0 radical (unpaired) electrons. The summed E-state index contributed by atoms with van der Waals surface area (Å²) in [7, 11) is 2.16. The summed E-state index contributed by atoms with van der Waals surface area (Å²) in [6.45, 7) is 6.89. The van der Waals surface area contributed by atoms with Crippen LogP contribution in [-0.2, 0) is 20.9 Å². The lowest BCUT2D eigenvalue weighted by Gasteiger charge is -2.30. The Balaban J connectivity index is 0.000000349. The van der Waals surface area contributed by atoms with Crippen molar-refractivity contribution in [3.8, 4) is 0 Å². The van der Waals surface area contributed by atoms with Crippen LogP contribution in [-0.4, -0.2) is 100 Å². The third-order valence-electron chi connectivity index (χ3n) is 6.29. The van der Waals surface area contributed by atoms with Crippen LogP contribution in [0.2, 0.25) is 0 Å². The van der Waals surface area contributed by atoms with Gasteiger partial charge in [0.2, 0.25) is 0 Å². The second-order valence-corrected chi connectivity index (χ2v) is 10.5. The molecule has 4 heterocycles. The number of aryl methyl sites for hydroxylation is 1. The molecule has 2 fully saturated rings. The molecule has 4 rings (SSSR count). The van der Waals surface area contributed by atoms with Crippen molar-refractivity contribution in [2.45, 2.75) is 32.3 Å². The van der Waals surface area contributed by atoms with Gasteiger partial charge in [0.05, 0.1) is 18.2 Å². The summed E-state index contributed by atoms with van der Waals surface area (Å²) in [4.78, 5) is 43.5. The normalized spacial score (nSPS) is 20.7. The first-order valence-electron chi connectivity index (χ1n) is 11.9. The Hall–Kier alpha value is -3.31. The minimum absolute atomic E-state index is 0.0702. The first kappa shape index (κ1) is 33.9. The number of ether oxygens (including phenoxy) is 1. The molecule has 2 aromatic rings. The molecule has 0 aromatic carbocycles. The number of amides is 1. The maximum Gasteiger partial charge on any atom is 0.490 e. The number of carboxylic acids is 2. The van der Waals surface area contributed by atoms with E-state index in [0.717, 1.165) is 49.8 Å². The first-order chi connectivity index (χ1) is 18.9. The smallest absolute Gasteiger partial charge is 0.475 e. The predicted molar refractivity (Wildman–Crippen MR) is 132 cm³/mol. The second-order valence-electron chi connectivity index (χ2n) is 9.47. The Morgan fingerprint density at radius 3 is 2.22 bits per heavy atom. The fourth-order valence-corrected chi connectivity index (χ4v) is 5.07. The van der Waals surface area contributed by atoms with Crippen molar-refractivity contribution < 1.29 is 55.7 Å². The Bertz CT molecular complexity index is 1160. The Kier molecular flexibility index (Phi) is 11.6. The highest BCUT2D eigenvalue weighted by Gasteiger charge is 2.50. The van der Waals surface area contributed by atoms with Crippen LogP contribution >= 0.6 is 11.3 Å². The molecule has 0 aliphatic carbocycles. The minimum Gasteiger partial charge on any atom is -0.475 e. The molecule has 2 saturated heterocycles. The third kappa shape index (κ3) is 10.2. The molecule has 0 bridgehead atoms. The van der Waals surface area contributed by atoms with Crippen LogP contribution < -0.4 is 0 Å². The molecule has 2 aromatic heterocycles. The average Bonchev–Trinajstić information content (AvgIpc) is 3.58. The zero-order chi connectivity index (χ0) is 31.0. The van der Waals surface area contributed by atoms with Crippen LogP contribution in [0.4, 0.5) is 26.3 Å². The highest BCUT2D eigenvalue weighted by atomic mass is 32.1. The average molecular weight is 615 g/mol. The van der Waals surface area contributed by atoms with E-state index in [1.807, 2.05) is 35.5 Å². The summed E-state index contributed by atoms with van der Waals surface area (Å²) in [5.41, 5.74) is 1.81. The summed E-state index contributed by atoms with van der Waals surface area (Å²) in [6.07, 6.45) is -5.51. The number of rotatable bonds is 5. The Morgan fingerprint density at radius 2 is 1.73 bits per heavy atom. The number of thiazole rings is 1. The summed E-state index contributed by atoms with van der Waals surface area (Å²) in [5.74, 6) is -5.00. The lowest BCUT2D eigenvalue weighted by atomic mass is 9.77. The number of likely N-dealkylation sites (tertiary alicyclic amines) is 2. The minimum atomic E-state index is -5.08. The maximum atomic E-state index is 12.8. The van der Waals surface area contributed by atoms with Gasteiger partial charge in [-0.25, -0.2) is 14.6 Å². The number of halogens is 6. The van der Waals surface area contributed by atoms with Crippen molar-refractivity contribution in [3.63, 3.8) is 0 Å². The molecular formula is C24H28F6N4O6S. The van der Waals surface area contributed by atoms with Gasteiger partial charge in [-0.2, -0.15) is 26.3 Å². The van der Waals surface area contributed by atoms with Crippen molar-refractivity contribution in [1.29, 1.82) is 0 Å². The second kappa shape index (κ2) is 14.0. The van der Waals surface area contributed by atoms with E-state index in [1.165, 1.54) is 11.3 Å². The van der Waals surface area contributed by atoms with E-state index in [0.29, 0.717) is 18.2 Å². The van der Waals surface area contributed by atoms with Crippen molar-refractivity contribution >= 4 is 29.2 Å². The molecule has 2 atom stereocenters. The Labute approximate surface area is 234 Å². The number of aliphatic carboxylic acids is 2. The molecule has 1 amide bonds. The van der Waals surface area contributed by atoms with Crippen molar-refractivity contribution in [3.05, 3.63) is 46.2 Å². The van der Waals surface area contributed by atoms with Crippen molar-refractivity contribution in [1.82, 2.24) is 19.8 Å². The molecular weight excluding hydrogens is 586 g/mol. The maximum absolute atomic E-state index is 12.8. The predicted octanol–water partition coefficient (Wildman–Crippen LogP) is 3.72. The largest absolute Gasteiger partial charge is 0.490 e. The topological polar surface area (TPSA) is 133 Å². The lowest BCUT2D eigenvalue weighted by molar-refractivity contribution is -0.193. The van der Waals surface area contributed by atoms with Gasteiger partial charge >= 0.3 is 24.3 Å². The van der Waals surface area contributed by atoms with E-state index >= 15 is 0 Å². The van der Waals surface area contributed by atoms with Gasteiger partial charge in [-0.3, -0.25) is 9.78 Å². The number of aromatic nitrogens is 2. The zero-order valence-corrected chi connectivity index (χ0v) is 22.7. The van der Waals surface area contributed by atoms with Gasteiger partial charge in [0, 0.05) is 55.3 Å². The molecule has 17 heteroatoms. The van der Waals surface area contributed by atoms with E-state index in [9.17, 15) is 31.1 Å². The molecule has 0 saturated carbocycles. The Morgan fingerprint density at radius 1 is 1.12 bits per heavy atom. The molecule has 2 aliphatic heterocycles.